The second-order valence-corrected chi connectivity index (χ2v) is 7.54. The van der Waals surface area contributed by atoms with Crippen molar-refractivity contribution in [1.29, 1.82) is 0 Å². The summed E-state index contributed by atoms with van der Waals surface area (Å²) in [5.41, 5.74) is 1.07. The zero-order valence-electron chi connectivity index (χ0n) is 15.3. The normalized spacial score (nSPS) is 16.2. The van der Waals surface area contributed by atoms with Crippen LogP contribution in [0.1, 0.15) is 43.7 Å². The van der Waals surface area contributed by atoms with Gasteiger partial charge in [-0.15, -0.1) is 0 Å². The van der Waals surface area contributed by atoms with Crippen LogP contribution in [0.2, 0.25) is 5.02 Å². The summed E-state index contributed by atoms with van der Waals surface area (Å²) in [6.07, 6.45) is 2.58. The maximum absolute atomic E-state index is 13.1. The molecule has 2 aromatic carbocycles. The fourth-order valence-corrected chi connectivity index (χ4v) is 3.60. The first-order valence-corrected chi connectivity index (χ1v) is 9.52. The SMILES string of the molecule is CC(NC(=O)C1(c2ccc(Cl)cc2)CCC1)c1nc(-c2ccc(F)cc2)no1. The number of rotatable bonds is 5. The summed E-state index contributed by atoms with van der Waals surface area (Å²) in [6.45, 7) is 1.80. The molecule has 0 aliphatic heterocycles. The lowest BCUT2D eigenvalue weighted by atomic mass is 9.63. The summed E-state index contributed by atoms with van der Waals surface area (Å²) in [4.78, 5) is 17.4. The molecule has 1 saturated carbocycles. The van der Waals surface area contributed by atoms with Gasteiger partial charge in [0.05, 0.1) is 5.41 Å². The minimum absolute atomic E-state index is 0.0601. The van der Waals surface area contributed by atoms with E-state index in [9.17, 15) is 9.18 Å². The van der Waals surface area contributed by atoms with E-state index in [2.05, 4.69) is 15.5 Å². The van der Waals surface area contributed by atoms with E-state index in [0.29, 0.717) is 22.3 Å². The second-order valence-electron chi connectivity index (χ2n) is 7.10. The topological polar surface area (TPSA) is 68.0 Å². The molecular weight excluding hydrogens is 381 g/mol. The van der Waals surface area contributed by atoms with Crippen molar-refractivity contribution in [3.8, 4) is 11.4 Å². The van der Waals surface area contributed by atoms with Gasteiger partial charge in [-0.25, -0.2) is 4.39 Å². The molecule has 1 N–H and O–H groups in total. The van der Waals surface area contributed by atoms with Crippen molar-refractivity contribution in [1.82, 2.24) is 15.5 Å². The van der Waals surface area contributed by atoms with Crippen molar-refractivity contribution in [2.75, 3.05) is 0 Å². The molecule has 1 aliphatic carbocycles. The van der Waals surface area contributed by atoms with Crippen molar-refractivity contribution >= 4 is 17.5 Å². The lowest BCUT2D eigenvalue weighted by molar-refractivity contribution is -0.130. The zero-order chi connectivity index (χ0) is 19.7. The van der Waals surface area contributed by atoms with Gasteiger partial charge in [-0.05, 0) is 61.7 Å². The van der Waals surface area contributed by atoms with E-state index in [1.165, 1.54) is 12.1 Å². The van der Waals surface area contributed by atoms with Crippen molar-refractivity contribution in [2.24, 2.45) is 0 Å². The van der Waals surface area contributed by atoms with E-state index in [1.807, 2.05) is 12.1 Å². The number of halogens is 2. The lowest BCUT2D eigenvalue weighted by Crippen LogP contribution is -2.49. The maximum Gasteiger partial charge on any atom is 0.249 e. The number of benzene rings is 2. The van der Waals surface area contributed by atoms with Crippen molar-refractivity contribution in [2.45, 2.75) is 37.6 Å². The van der Waals surface area contributed by atoms with Gasteiger partial charge in [0, 0.05) is 10.6 Å². The number of amides is 1. The molecule has 1 heterocycles. The number of nitrogens with zero attached hydrogens (tertiary/aromatic N) is 2. The van der Waals surface area contributed by atoms with Crippen LogP contribution in [0.5, 0.6) is 0 Å². The Labute approximate surface area is 166 Å². The molecule has 1 aliphatic rings. The number of nitrogens with one attached hydrogen (secondary N) is 1. The van der Waals surface area contributed by atoms with Crippen LogP contribution in [0.15, 0.2) is 53.1 Å². The van der Waals surface area contributed by atoms with Crippen LogP contribution in [0.4, 0.5) is 4.39 Å². The van der Waals surface area contributed by atoms with E-state index in [1.54, 1.807) is 31.2 Å². The van der Waals surface area contributed by atoms with E-state index in [0.717, 1.165) is 24.8 Å². The van der Waals surface area contributed by atoms with Crippen LogP contribution in [0.25, 0.3) is 11.4 Å². The highest BCUT2D eigenvalue weighted by atomic mass is 35.5. The average molecular weight is 400 g/mol. The zero-order valence-corrected chi connectivity index (χ0v) is 16.0. The highest BCUT2D eigenvalue weighted by Crippen LogP contribution is 2.44. The van der Waals surface area contributed by atoms with Crippen LogP contribution >= 0.6 is 11.6 Å². The summed E-state index contributed by atoms with van der Waals surface area (Å²) in [7, 11) is 0. The molecular formula is C21H19ClFN3O2. The van der Waals surface area contributed by atoms with E-state index in [4.69, 9.17) is 16.1 Å². The highest BCUT2D eigenvalue weighted by Gasteiger charge is 2.46. The largest absolute Gasteiger partial charge is 0.344 e. The summed E-state index contributed by atoms with van der Waals surface area (Å²) >= 11 is 5.98. The molecule has 0 spiro atoms. The third kappa shape index (κ3) is 3.40. The molecule has 0 bridgehead atoms. The van der Waals surface area contributed by atoms with Gasteiger partial charge < -0.3 is 9.84 Å². The van der Waals surface area contributed by atoms with Crippen molar-refractivity contribution < 1.29 is 13.7 Å². The fraction of sp³-hybridized carbons (Fsp3) is 0.286. The van der Waals surface area contributed by atoms with Crippen molar-refractivity contribution in [3.05, 3.63) is 70.8 Å². The number of hydrogen-bond donors (Lipinski definition) is 1. The standard InChI is InChI=1S/C21H19ClFN3O2/c1-13(19-25-18(26-28-19)14-3-9-17(23)10-4-14)24-20(27)21(11-2-12-21)15-5-7-16(22)8-6-15/h3-10,13H,2,11-12H2,1H3,(H,24,27). The molecule has 144 valence electrons. The monoisotopic (exact) mass is 399 g/mol. The Balaban J connectivity index is 1.50. The van der Waals surface area contributed by atoms with Gasteiger partial charge in [0.15, 0.2) is 0 Å². The van der Waals surface area contributed by atoms with Crippen LogP contribution in [-0.2, 0) is 10.2 Å². The molecule has 4 rings (SSSR count). The number of aromatic nitrogens is 2. The first-order chi connectivity index (χ1) is 13.5. The Morgan fingerprint density at radius 3 is 2.46 bits per heavy atom. The minimum atomic E-state index is -0.543. The molecule has 5 nitrogen and oxygen atoms in total. The fourth-order valence-electron chi connectivity index (χ4n) is 3.47. The quantitative estimate of drug-likeness (QED) is 0.667. The molecule has 1 aromatic heterocycles. The molecule has 1 amide bonds. The van der Waals surface area contributed by atoms with Gasteiger partial charge >= 0.3 is 0 Å². The van der Waals surface area contributed by atoms with Crippen molar-refractivity contribution in [3.63, 3.8) is 0 Å². The highest BCUT2D eigenvalue weighted by molar-refractivity contribution is 6.30. The summed E-state index contributed by atoms with van der Waals surface area (Å²) in [6, 6.07) is 12.8. The van der Waals surface area contributed by atoms with E-state index < -0.39 is 11.5 Å². The van der Waals surface area contributed by atoms with Gasteiger partial charge in [-0.3, -0.25) is 4.79 Å². The third-order valence-corrected chi connectivity index (χ3v) is 5.55. The Kier molecular flexibility index (Phi) is 4.89. The Bertz CT molecular complexity index is 982. The summed E-state index contributed by atoms with van der Waals surface area (Å²) < 4.78 is 18.4. The maximum atomic E-state index is 13.1. The molecule has 1 fully saturated rings. The average Bonchev–Trinajstić information content (AvgIpc) is 3.13. The Morgan fingerprint density at radius 1 is 1.18 bits per heavy atom. The van der Waals surface area contributed by atoms with Crippen LogP contribution < -0.4 is 5.32 Å². The smallest absolute Gasteiger partial charge is 0.249 e. The van der Waals surface area contributed by atoms with Crippen LogP contribution in [-0.4, -0.2) is 16.0 Å². The van der Waals surface area contributed by atoms with E-state index >= 15 is 0 Å². The molecule has 3 aromatic rings. The molecule has 7 heteroatoms. The van der Waals surface area contributed by atoms with E-state index in [-0.39, 0.29) is 11.7 Å². The molecule has 0 saturated heterocycles. The summed E-state index contributed by atoms with van der Waals surface area (Å²) in [5, 5.41) is 7.58. The number of carbonyl (C=O) groups is 1. The van der Waals surface area contributed by atoms with Gasteiger partial charge in [0.1, 0.15) is 11.9 Å². The van der Waals surface area contributed by atoms with Gasteiger partial charge in [0.25, 0.3) is 0 Å². The lowest BCUT2D eigenvalue weighted by Gasteiger charge is -2.41. The van der Waals surface area contributed by atoms with Crippen LogP contribution in [0.3, 0.4) is 0 Å². The third-order valence-electron chi connectivity index (χ3n) is 5.30. The predicted molar refractivity (Wildman–Crippen MR) is 103 cm³/mol. The molecule has 28 heavy (non-hydrogen) atoms. The predicted octanol–water partition coefficient (Wildman–Crippen LogP) is 4.83. The number of hydrogen-bond acceptors (Lipinski definition) is 4. The first kappa shape index (κ1) is 18.6. The second kappa shape index (κ2) is 7.36. The molecule has 1 atom stereocenters. The van der Waals surface area contributed by atoms with Gasteiger partial charge in [-0.2, -0.15) is 4.98 Å². The Hall–Kier alpha value is -2.73. The minimum Gasteiger partial charge on any atom is -0.344 e. The van der Waals surface area contributed by atoms with Crippen LogP contribution in [0, 0.1) is 5.82 Å². The molecule has 1 unspecified atom stereocenters. The molecule has 0 radical (unpaired) electrons. The van der Waals surface area contributed by atoms with Gasteiger partial charge in [0.2, 0.25) is 17.6 Å². The summed E-state index contributed by atoms with van der Waals surface area (Å²) in [5.74, 6) is 0.265. The number of carbonyl (C=O) groups excluding carboxylic acids is 1. The van der Waals surface area contributed by atoms with Gasteiger partial charge in [-0.1, -0.05) is 35.3 Å². The first-order valence-electron chi connectivity index (χ1n) is 9.14. The Morgan fingerprint density at radius 2 is 1.86 bits per heavy atom.